The van der Waals surface area contributed by atoms with E-state index in [1.165, 1.54) is 5.69 Å². The van der Waals surface area contributed by atoms with Gasteiger partial charge in [-0.25, -0.2) is 9.98 Å². The predicted octanol–water partition coefficient (Wildman–Crippen LogP) is 3.41. The van der Waals surface area contributed by atoms with Crippen LogP contribution >= 0.6 is 39.9 Å². The van der Waals surface area contributed by atoms with Crippen molar-refractivity contribution in [2.24, 2.45) is 12.0 Å². The molecule has 0 aliphatic carbocycles. The summed E-state index contributed by atoms with van der Waals surface area (Å²) in [6, 6.07) is 5.97. The third-order valence-electron chi connectivity index (χ3n) is 3.59. The van der Waals surface area contributed by atoms with E-state index in [1.807, 2.05) is 26.2 Å². The highest BCUT2D eigenvalue weighted by molar-refractivity contribution is 14.0. The number of guanidine groups is 1. The molecule has 0 amide bonds. The van der Waals surface area contributed by atoms with Crippen molar-refractivity contribution in [3.63, 3.8) is 0 Å². The summed E-state index contributed by atoms with van der Waals surface area (Å²) in [6.45, 7) is 4.23. The van der Waals surface area contributed by atoms with E-state index in [9.17, 15) is 0 Å². The minimum absolute atomic E-state index is 0. The van der Waals surface area contributed by atoms with E-state index in [0.29, 0.717) is 12.4 Å². The smallest absolute Gasteiger partial charge is 0.213 e. The SMILES string of the molecule is CCNC(=NCc1ccnc(OC)c1)N(C)Cc1cc(Br)cn1C.I. The molecule has 0 aliphatic heterocycles. The van der Waals surface area contributed by atoms with Crippen molar-refractivity contribution in [1.82, 2.24) is 19.8 Å². The minimum atomic E-state index is 0. The van der Waals surface area contributed by atoms with E-state index in [-0.39, 0.29) is 24.0 Å². The number of nitrogens with zero attached hydrogens (tertiary/aromatic N) is 4. The van der Waals surface area contributed by atoms with E-state index in [1.54, 1.807) is 13.3 Å². The zero-order chi connectivity index (χ0) is 17.5. The van der Waals surface area contributed by atoms with Gasteiger partial charge in [-0.2, -0.15) is 0 Å². The number of nitrogens with one attached hydrogen (secondary N) is 1. The number of rotatable bonds is 6. The molecule has 0 aliphatic rings. The maximum Gasteiger partial charge on any atom is 0.213 e. The van der Waals surface area contributed by atoms with Gasteiger partial charge in [-0.3, -0.25) is 0 Å². The number of aromatic nitrogens is 2. The third kappa shape index (κ3) is 6.50. The number of hydrogen-bond donors (Lipinski definition) is 1. The maximum atomic E-state index is 5.16. The maximum absolute atomic E-state index is 5.16. The topological polar surface area (TPSA) is 54.7 Å². The van der Waals surface area contributed by atoms with Crippen LogP contribution in [0.2, 0.25) is 0 Å². The van der Waals surface area contributed by atoms with Gasteiger partial charge < -0.3 is 19.5 Å². The summed E-state index contributed by atoms with van der Waals surface area (Å²) in [5, 5.41) is 3.34. The summed E-state index contributed by atoms with van der Waals surface area (Å²) in [5.41, 5.74) is 2.27. The quantitative estimate of drug-likeness (QED) is 0.359. The molecular formula is C17H25BrIN5O. The summed E-state index contributed by atoms with van der Waals surface area (Å²) in [6.07, 6.45) is 3.79. The van der Waals surface area contributed by atoms with Crippen LogP contribution in [0.1, 0.15) is 18.2 Å². The molecule has 25 heavy (non-hydrogen) atoms. The first-order valence-electron chi connectivity index (χ1n) is 7.82. The van der Waals surface area contributed by atoms with Gasteiger partial charge in [-0.1, -0.05) is 0 Å². The van der Waals surface area contributed by atoms with E-state index >= 15 is 0 Å². The van der Waals surface area contributed by atoms with E-state index in [2.05, 4.69) is 54.9 Å². The molecule has 1 N–H and O–H groups in total. The summed E-state index contributed by atoms with van der Waals surface area (Å²) >= 11 is 3.51. The van der Waals surface area contributed by atoms with Gasteiger partial charge in [0.15, 0.2) is 5.96 Å². The van der Waals surface area contributed by atoms with Crippen LogP contribution in [0.25, 0.3) is 0 Å². The predicted molar refractivity (Wildman–Crippen MR) is 116 cm³/mol. The number of aryl methyl sites for hydroxylation is 1. The first-order chi connectivity index (χ1) is 11.5. The normalized spacial score (nSPS) is 11.0. The molecule has 0 fully saturated rings. The first kappa shape index (κ1) is 21.8. The van der Waals surface area contributed by atoms with Crippen molar-refractivity contribution in [2.45, 2.75) is 20.0 Å². The summed E-state index contributed by atoms with van der Waals surface area (Å²) in [4.78, 5) is 11.0. The number of aliphatic imine (C=N–C) groups is 1. The highest BCUT2D eigenvalue weighted by atomic mass is 127. The van der Waals surface area contributed by atoms with Gasteiger partial charge in [-0.15, -0.1) is 24.0 Å². The molecule has 2 aromatic rings. The van der Waals surface area contributed by atoms with Crippen LogP contribution < -0.4 is 10.1 Å². The Morgan fingerprint density at radius 1 is 1.44 bits per heavy atom. The Hall–Kier alpha value is -1.29. The van der Waals surface area contributed by atoms with Crippen LogP contribution in [-0.2, 0) is 20.1 Å². The Balaban J connectivity index is 0.00000312. The first-order valence-corrected chi connectivity index (χ1v) is 8.62. The number of pyridine rings is 1. The molecule has 0 saturated carbocycles. The molecule has 0 unspecified atom stereocenters. The van der Waals surface area contributed by atoms with Gasteiger partial charge in [-0.05, 0) is 40.5 Å². The molecule has 2 rings (SSSR count). The largest absolute Gasteiger partial charge is 0.481 e. The van der Waals surface area contributed by atoms with Crippen LogP contribution in [0.3, 0.4) is 0 Å². The second-order valence-corrected chi connectivity index (χ2v) is 6.41. The summed E-state index contributed by atoms with van der Waals surface area (Å²) in [5.74, 6) is 1.47. The van der Waals surface area contributed by atoms with E-state index < -0.39 is 0 Å². The van der Waals surface area contributed by atoms with Gasteiger partial charge >= 0.3 is 0 Å². The molecule has 0 atom stereocenters. The highest BCUT2D eigenvalue weighted by Gasteiger charge is 2.09. The molecule has 2 heterocycles. The zero-order valence-electron chi connectivity index (χ0n) is 15.0. The molecule has 0 aromatic carbocycles. The van der Waals surface area contributed by atoms with Crippen molar-refractivity contribution < 1.29 is 4.74 Å². The Morgan fingerprint density at radius 3 is 2.80 bits per heavy atom. The average molecular weight is 522 g/mol. The van der Waals surface area contributed by atoms with Gasteiger partial charge in [0.05, 0.1) is 20.2 Å². The molecule has 0 radical (unpaired) electrons. The van der Waals surface area contributed by atoms with Crippen LogP contribution in [-0.4, -0.2) is 41.1 Å². The number of hydrogen-bond acceptors (Lipinski definition) is 3. The minimum Gasteiger partial charge on any atom is -0.481 e. The number of methoxy groups -OCH3 is 1. The van der Waals surface area contributed by atoms with Crippen molar-refractivity contribution >= 4 is 45.9 Å². The molecule has 138 valence electrons. The molecule has 8 heteroatoms. The van der Waals surface area contributed by atoms with Crippen LogP contribution in [0, 0.1) is 0 Å². The van der Waals surface area contributed by atoms with Crippen molar-refractivity contribution in [3.8, 4) is 5.88 Å². The average Bonchev–Trinajstić information content (AvgIpc) is 2.88. The highest BCUT2D eigenvalue weighted by Crippen LogP contribution is 2.15. The fourth-order valence-corrected chi connectivity index (χ4v) is 2.91. The van der Waals surface area contributed by atoms with Gasteiger partial charge in [0.25, 0.3) is 0 Å². The molecular weight excluding hydrogens is 497 g/mol. The molecule has 0 saturated heterocycles. The number of halogens is 2. The van der Waals surface area contributed by atoms with Crippen LogP contribution in [0.15, 0.2) is 40.1 Å². The third-order valence-corrected chi connectivity index (χ3v) is 4.02. The Morgan fingerprint density at radius 2 is 2.20 bits per heavy atom. The van der Waals surface area contributed by atoms with Gasteiger partial charge in [0.1, 0.15) is 0 Å². The molecule has 6 nitrogen and oxygen atoms in total. The monoisotopic (exact) mass is 521 g/mol. The molecule has 0 spiro atoms. The van der Waals surface area contributed by atoms with E-state index in [4.69, 9.17) is 9.73 Å². The van der Waals surface area contributed by atoms with Crippen LogP contribution in [0.4, 0.5) is 0 Å². The Bertz CT molecular complexity index is 704. The van der Waals surface area contributed by atoms with Crippen molar-refractivity contribution in [3.05, 3.63) is 46.3 Å². The molecule has 0 bridgehead atoms. The van der Waals surface area contributed by atoms with Crippen molar-refractivity contribution in [2.75, 3.05) is 20.7 Å². The molecule has 2 aromatic heterocycles. The van der Waals surface area contributed by atoms with Gasteiger partial charge in [0, 0.05) is 49.3 Å². The fourth-order valence-electron chi connectivity index (χ4n) is 2.34. The zero-order valence-corrected chi connectivity index (χ0v) is 18.9. The Kier molecular flexibility index (Phi) is 9.26. The van der Waals surface area contributed by atoms with E-state index in [0.717, 1.165) is 29.1 Å². The second-order valence-electron chi connectivity index (χ2n) is 5.49. The second kappa shape index (κ2) is 10.6. The van der Waals surface area contributed by atoms with Crippen LogP contribution in [0.5, 0.6) is 5.88 Å². The lowest BCUT2D eigenvalue weighted by Crippen LogP contribution is -2.38. The lowest BCUT2D eigenvalue weighted by molar-refractivity contribution is 0.397. The van der Waals surface area contributed by atoms with Crippen molar-refractivity contribution in [1.29, 1.82) is 0 Å². The summed E-state index contributed by atoms with van der Waals surface area (Å²) in [7, 11) is 5.70. The lowest BCUT2D eigenvalue weighted by Gasteiger charge is -2.22. The lowest BCUT2D eigenvalue weighted by atomic mass is 10.3. The fraction of sp³-hybridized carbons (Fsp3) is 0.412. The standard InChI is InChI=1S/C17H24BrN5O.HI/c1-5-19-17(21-10-13-6-7-20-16(8-13)24-4)23(3)12-15-9-14(18)11-22(15)2;/h6-9,11H,5,10,12H2,1-4H3,(H,19,21);1H. The van der Waals surface area contributed by atoms with Gasteiger partial charge in [0.2, 0.25) is 5.88 Å². The number of ether oxygens (including phenoxy) is 1. The Labute approximate surface area is 174 Å². The summed E-state index contributed by atoms with van der Waals surface area (Å²) < 4.78 is 8.35.